The molecule has 24 heavy (non-hydrogen) atoms. The van der Waals surface area contributed by atoms with Crippen molar-refractivity contribution < 1.29 is 9.18 Å². The lowest BCUT2D eigenvalue weighted by Crippen LogP contribution is -2.23. The van der Waals surface area contributed by atoms with Gasteiger partial charge in [-0.2, -0.15) is 0 Å². The summed E-state index contributed by atoms with van der Waals surface area (Å²) in [6.45, 7) is 4.24. The van der Waals surface area contributed by atoms with Crippen molar-refractivity contribution in [2.75, 3.05) is 5.73 Å². The van der Waals surface area contributed by atoms with Crippen LogP contribution in [0.3, 0.4) is 0 Å². The molecule has 5 nitrogen and oxygen atoms in total. The number of H-pyrrole nitrogens is 1. The Bertz CT molecular complexity index is 917. The van der Waals surface area contributed by atoms with Gasteiger partial charge < -0.3 is 16.0 Å². The van der Waals surface area contributed by atoms with Gasteiger partial charge in [0.15, 0.2) is 0 Å². The molecule has 3 rings (SSSR count). The summed E-state index contributed by atoms with van der Waals surface area (Å²) in [6, 6.07) is 6.05. The molecule has 3 aromatic rings. The molecule has 1 aromatic carbocycles. The topological polar surface area (TPSA) is 83.8 Å². The van der Waals surface area contributed by atoms with Gasteiger partial charge in [-0.05, 0) is 48.7 Å². The van der Waals surface area contributed by atoms with Gasteiger partial charge in [-0.3, -0.25) is 4.79 Å². The van der Waals surface area contributed by atoms with Crippen LogP contribution in [0.25, 0.3) is 10.9 Å². The number of carbonyl (C=O) groups is 1. The van der Waals surface area contributed by atoms with Crippen molar-refractivity contribution in [1.29, 1.82) is 0 Å². The number of nitrogens with two attached hydrogens (primary N) is 1. The van der Waals surface area contributed by atoms with E-state index >= 15 is 0 Å². The van der Waals surface area contributed by atoms with Crippen LogP contribution in [-0.2, 0) is 13.0 Å². The summed E-state index contributed by atoms with van der Waals surface area (Å²) in [5, 5.41) is 3.65. The van der Waals surface area contributed by atoms with Crippen LogP contribution in [0.2, 0.25) is 0 Å². The highest BCUT2D eigenvalue weighted by Gasteiger charge is 2.13. The number of aromatic nitrogens is 2. The number of pyridine rings is 1. The molecule has 0 fully saturated rings. The number of hydrogen-bond donors (Lipinski definition) is 3. The van der Waals surface area contributed by atoms with Crippen molar-refractivity contribution in [3.05, 3.63) is 58.7 Å². The van der Waals surface area contributed by atoms with Gasteiger partial charge >= 0.3 is 0 Å². The highest BCUT2D eigenvalue weighted by Crippen LogP contribution is 2.26. The standard InChI is InChI=1S/C18H19FN4O/c1-3-15-10(2)14-8-13(19)6-12(17(14)23-15)9-22-18(24)11-4-5-21-16(20)7-11/h4-8,23H,3,9H2,1-2H3,(H2,20,21)(H,22,24). The molecule has 2 heterocycles. The molecule has 124 valence electrons. The highest BCUT2D eigenvalue weighted by molar-refractivity contribution is 5.95. The fraction of sp³-hybridized carbons (Fsp3) is 0.222. The van der Waals surface area contributed by atoms with Gasteiger partial charge in [0, 0.05) is 29.4 Å². The number of nitrogen functional groups attached to an aromatic ring is 1. The average Bonchev–Trinajstić information content (AvgIpc) is 2.88. The molecule has 0 spiro atoms. The smallest absolute Gasteiger partial charge is 0.251 e. The average molecular weight is 326 g/mol. The molecule has 0 atom stereocenters. The number of fused-ring (bicyclic) bond motifs is 1. The zero-order chi connectivity index (χ0) is 17.3. The minimum Gasteiger partial charge on any atom is -0.384 e. The van der Waals surface area contributed by atoms with Gasteiger partial charge in [-0.25, -0.2) is 9.37 Å². The Balaban J connectivity index is 1.88. The lowest BCUT2D eigenvalue weighted by atomic mass is 10.1. The van der Waals surface area contributed by atoms with E-state index < -0.39 is 0 Å². The third-order valence-corrected chi connectivity index (χ3v) is 4.15. The Hall–Kier alpha value is -2.89. The third-order valence-electron chi connectivity index (χ3n) is 4.15. The second kappa shape index (κ2) is 6.31. The first-order chi connectivity index (χ1) is 11.5. The number of anilines is 1. The Kier molecular flexibility index (Phi) is 4.20. The molecule has 0 saturated carbocycles. The van der Waals surface area contributed by atoms with E-state index in [2.05, 4.69) is 15.3 Å². The van der Waals surface area contributed by atoms with Crippen LogP contribution in [0.5, 0.6) is 0 Å². The first kappa shape index (κ1) is 16.0. The van der Waals surface area contributed by atoms with Crippen LogP contribution >= 0.6 is 0 Å². The van der Waals surface area contributed by atoms with Crippen molar-refractivity contribution in [3.63, 3.8) is 0 Å². The molecule has 4 N–H and O–H groups in total. The molecular weight excluding hydrogens is 307 g/mol. The maximum absolute atomic E-state index is 13.9. The Morgan fingerprint density at radius 2 is 2.17 bits per heavy atom. The van der Waals surface area contributed by atoms with E-state index in [1.807, 2.05) is 13.8 Å². The number of hydrogen-bond acceptors (Lipinski definition) is 3. The second-order valence-corrected chi connectivity index (χ2v) is 5.72. The summed E-state index contributed by atoms with van der Waals surface area (Å²) >= 11 is 0. The Morgan fingerprint density at radius 3 is 2.88 bits per heavy atom. The minimum absolute atomic E-state index is 0.221. The third kappa shape index (κ3) is 2.95. The number of amides is 1. The molecular formula is C18H19FN4O. The molecule has 0 radical (unpaired) electrons. The molecule has 0 aliphatic carbocycles. The summed E-state index contributed by atoms with van der Waals surface area (Å²) in [4.78, 5) is 19.4. The summed E-state index contributed by atoms with van der Waals surface area (Å²) in [5.41, 5.74) is 9.70. The van der Waals surface area contributed by atoms with Crippen LogP contribution in [-0.4, -0.2) is 15.9 Å². The number of carbonyl (C=O) groups excluding carboxylic acids is 1. The molecule has 0 unspecified atom stereocenters. The number of nitrogens with zero attached hydrogens (tertiary/aromatic N) is 1. The second-order valence-electron chi connectivity index (χ2n) is 5.72. The Morgan fingerprint density at radius 1 is 1.38 bits per heavy atom. The molecule has 6 heteroatoms. The van der Waals surface area contributed by atoms with E-state index in [0.717, 1.165) is 28.6 Å². The number of rotatable bonds is 4. The van der Waals surface area contributed by atoms with Crippen molar-refractivity contribution in [3.8, 4) is 0 Å². The molecule has 0 bridgehead atoms. The fourth-order valence-electron chi connectivity index (χ4n) is 2.87. The molecule has 0 aliphatic heterocycles. The number of nitrogens with one attached hydrogen (secondary N) is 2. The highest BCUT2D eigenvalue weighted by atomic mass is 19.1. The van der Waals surface area contributed by atoms with Crippen LogP contribution in [0.4, 0.5) is 10.2 Å². The number of aromatic amines is 1. The van der Waals surface area contributed by atoms with Gasteiger partial charge in [0.05, 0.1) is 5.52 Å². The van der Waals surface area contributed by atoms with Crippen molar-refractivity contribution >= 4 is 22.6 Å². The zero-order valence-corrected chi connectivity index (χ0v) is 13.6. The van der Waals surface area contributed by atoms with E-state index in [0.29, 0.717) is 11.1 Å². The van der Waals surface area contributed by atoms with Crippen molar-refractivity contribution in [2.24, 2.45) is 0 Å². The lowest BCUT2D eigenvalue weighted by molar-refractivity contribution is 0.0951. The van der Waals surface area contributed by atoms with Gasteiger partial charge in [-0.1, -0.05) is 6.92 Å². The van der Waals surface area contributed by atoms with E-state index in [1.54, 1.807) is 6.07 Å². The van der Waals surface area contributed by atoms with Crippen molar-refractivity contribution in [2.45, 2.75) is 26.8 Å². The van der Waals surface area contributed by atoms with E-state index in [4.69, 9.17) is 5.73 Å². The Labute approximate surface area is 139 Å². The van der Waals surface area contributed by atoms with E-state index in [-0.39, 0.29) is 24.1 Å². The van der Waals surface area contributed by atoms with Crippen LogP contribution in [0.1, 0.15) is 34.1 Å². The van der Waals surface area contributed by atoms with Gasteiger partial charge in [0.1, 0.15) is 11.6 Å². The number of aryl methyl sites for hydroxylation is 2. The van der Waals surface area contributed by atoms with Gasteiger partial charge in [0.25, 0.3) is 5.91 Å². The molecule has 2 aromatic heterocycles. The quantitative estimate of drug-likeness (QED) is 0.689. The number of halogens is 1. The monoisotopic (exact) mass is 326 g/mol. The fourth-order valence-corrected chi connectivity index (χ4v) is 2.87. The SMILES string of the molecule is CCc1[nH]c2c(CNC(=O)c3ccnc(N)c3)cc(F)cc2c1C. The molecule has 0 saturated heterocycles. The zero-order valence-electron chi connectivity index (χ0n) is 13.6. The predicted molar refractivity (Wildman–Crippen MR) is 92.2 cm³/mol. The van der Waals surface area contributed by atoms with Gasteiger partial charge in [0.2, 0.25) is 0 Å². The first-order valence-electron chi connectivity index (χ1n) is 7.79. The largest absolute Gasteiger partial charge is 0.384 e. The van der Waals surface area contributed by atoms with Crippen LogP contribution in [0.15, 0.2) is 30.5 Å². The molecule has 0 aliphatic rings. The lowest BCUT2D eigenvalue weighted by Gasteiger charge is -2.08. The first-order valence-corrected chi connectivity index (χ1v) is 7.79. The summed E-state index contributed by atoms with van der Waals surface area (Å²) in [5.74, 6) is -0.312. The normalized spacial score (nSPS) is 11.0. The van der Waals surface area contributed by atoms with E-state index in [9.17, 15) is 9.18 Å². The van der Waals surface area contributed by atoms with Crippen LogP contribution < -0.4 is 11.1 Å². The summed E-state index contributed by atoms with van der Waals surface area (Å²) in [6.07, 6.45) is 2.32. The summed E-state index contributed by atoms with van der Waals surface area (Å²) in [7, 11) is 0. The maximum atomic E-state index is 13.9. The maximum Gasteiger partial charge on any atom is 0.251 e. The van der Waals surface area contributed by atoms with Crippen molar-refractivity contribution in [1.82, 2.24) is 15.3 Å². The van der Waals surface area contributed by atoms with E-state index in [1.165, 1.54) is 24.4 Å². The molecule has 1 amide bonds. The van der Waals surface area contributed by atoms with Gasteiger partial charge in [-0.15, -0.1) is 0 Å². The number of benzene rings is 1. The van der Waals surface area contributed by atoms with Crippen LogP contribution in [0, 0.1) is 12.7 Å². The summed E-state index contributed by atoms with van der Waals surface area (Å²) < 4.78 is 13.9. The minimum atomic E-state index is -0.315. The predicted octanol–water partition coefficient (Wildman–Crippen LogP) is 3.09.